The lowest BCUT2D eigenvalue weighted by molar-refractivity contribution is -0.138. The second kappa shape index (κ2) is 4.34. The number of likely N-dealkylation sites (tertiary alicyclic amines) is 1. The van der Waals surface area contributed by atoms with Crippen LogP contribution in [-0.2, 0) is 16.6 Å². The van der Waals surface area contributed by atoms with Crippen LogP contribution in [0.4, 0.5) is 0 Å². The maximum absolute atomic E-state index is 12.7. The van der Waals surface area contributed by atoms with Crippen LogP contribution in [0.1, 0.15) is 43.2 Å². The molecule has 2 saturated carbocycles. The van der Waals surface area contributed by atoms with Gasteiger partial charge in [0.25, 0.3) is 0 Å². The Bertz CT molecular complexity index is 755. The molecule has 126 valence electrons. The predicted octanol–water partition coefficient (Wildman–Crippen LogP) is 2.41. The molecule has 0 amide bonds. The third kappa shape index (κ3) is 1.52. The number of rotatable bonds is 2. The van der Waals surface area contributed by atoms with Crippen molar-refractivity contribution in [3.63, 3.8) is 0 Å². The number of phenols is 1. The molecular weight excluding hydrogens is 302 g/mol. The Morgan fingerprint density at radius 2 is 2.17 bits per heavy atom. The smallest absolute Gasteiger partial charge is 0.174 e. The van der Waals surface area contributed by atoms with E-state index in [0.717, 1.165) is 31.7 Å². The minimum atomic E-state index is -0.357. The number of nitrogens with zero attached hydrogens (tertiary/aromatic N) is 1. The Balaban J connectivity index is 1.53. The fourth-order valence-corrected chi connectivity index (χ4v) is 6.27. The molecule has 0 radical (unpaired) electrons. The van der Waals surface area contributed by atoms with E-state index in [-0.39, 0.29) is 23.1 Å². The van der Waals surface area contributed by atoms with E-state index in [4.69, 9.17) is 4.74 Å². The molecule has 1 saturated heterocycles. The number of hydrogen-bond donors (Lipinski definition) is 1. The first-order valence-corrected chi connectivity index (χ1v) is 9.47. The monoisotopic (exact) mass is 325 g/mol. The van der Waals surface area contributed by atoms with Gasteiger partial charge in [-0.2, -0.15) is 0 Å². The van der Waals surface area contributed by atoms with Crippen LogP contribution in [0.3, 0.4) is 0 Å². The minimum Gasteiger partial charge on any atom is -0.504 e. The second-order valence-electron chi connectivity index (χ2n) is 8.56. The largest absolute Gasteiger partial charge is 0.504 e. The molecule has 4 unspecified atom stereocenters. The summed E-state index contributed by atoms with van der Waals surface area (Å²) in [6, 6.07) is 4.37. The summed E-state index contributed by atoms with van der Waals surface area (Å²) in [6.45, 7) is 2.30. The van der Waals surface area contributed by atoms with Gasteiger partial charge in [0, 0.05) is 30.0 Å². The first-order valence-electron chi connectivity index (χ1n) is 9.47. The Kier molecular flexibility index (Phi) is 2.48. The van der Waals surface area contributed by atoms with Crippen molar-refractivity contribution in [1.29, 1.82) is 0 Å². The van der Waals surface area contributed by atoms with Gasteiger partial charge in [-0.25, -0.2) is 0 Å². The minimum absolute atomic E-state index is 0.165. The van der Waals surface area contributed by atoms with Crippen molar-refractivity contribution in [3.8, 4) is 11.5 Å². The predicted molar refractivity (Wildman–Crippen MR) is 88.3 cm³/mol. The van der Waals surface area contributed by atoms with Crippen LogP contribution >= 0.6 is 0 Å². The first-order chi connectivity index (χ1) is 11.7. The van der Waals surface area contributed by atoms with E-state index in [1.165, 1.54) is 30.5 Å². The molecule has 1 aromatic carbocycles. The normalized spacial score (nSPS) is 39.5. The maximum atomic E-state index is 12.7. The number of benzene rings is 1. The third-order valence-electron chi connectivity index (χ3n) is 7.41. The fraction of sp³-hybridized carbons (Fsp3) is 0.650. The molecule has 6 rings (SSSR count). The van der Waals surface area contributed by atoms with Gasteiger partial charge in [0.05, 0.1) is 0 Å². The molecule has 2 heterocycles. The van der Waals surface area contributed by atoms with E-state index >= 15 is 0 Å². The van der Waals surface area contributed by atoms with Crippen molar-refractivity contribution < 1.29 is 14.6 Å². The van der Waals surface area contributed by atoms with Gasteiger partial charge in [0.15, 0.2) is 23.4 Å². The van der Waals surface area contributed by atoms with Crippen LogP contribution in [-0.4, -0.2) is 41.0 Å². The van der Waals surface area contributed by atoms with Crippen LogP contribution in [0.5, 0.6) is 11.5 Å². The molecule has 24 heavy (non-hydrogen) atoms. The molecule has 2 aliphatic heterocycles. The van der Waals surface area contributed by atoms with E-state index < -0.39 is 0 Å². The van der Waals surface area contributed by atoms with E-state index in [0.29, 0.717) is 24.1 Å². The summed E-state index contributed by atoms with van der Waals surface area (Å²) in [5.74, 6) is 2.47. The quantitative estimate of drug-likeness (QED) is 0.907. The zero-order valence-electron chi connectivity index (χ0n) is 13.8. The van der Waals surface area contributed by atoms with Gasteiger partial charge in [0.1, 0.15) is 0 Å². The highest BCUT2D eigenvalue weighted by molar-refractivity contribution is 5.89. The SMILES string of the molecule is O=C1CCC2C3Cc4ccc(O)c5c4C2(CCN3CC2CC2)C1O5. The number of hydrogen-bond acceptors (Lipinski definition) is 4. The van der Waals surface area contributed by atoms with Gasteiger partial charge in [-0.15, -0.1) is 0 Å². The van der Waals surface area contributed by atoms with Crippen LogP contribution in [0.25, 0.3) is 0 Å². The van der Waals surface area contributed by atoms with Crippen molar-refractivity contribution in [2.75, 3.05) is 13.1 Å². The zero-order chi connectivity index (χ0) is 16.1. The van der Waals surface area contributed by atoms with Crippen LogP contribution in [0.2, 0.25) is 0 Å². The number of piperidine rings is 1. The summed E-state index contributed by atoms with van der Waals surface area (Å²) < 4.78 is 6.13. The Hall–Kier alpha value is -1.55. The summed E-state index contributed by atoms with van der Waals surface area (Å²) >= 11 is 0. The average Bonchev–Trinajstić information content (AvgIpc) is 3.32. The van der Waals surface area contributed by atoms with Crippen LogP contribution in [0, 0.1) is 11.8 Å². The average molecular weight is 325 g/mol. The van der Waals surface area contributed by atoms with Gasteiger partial charge in [-0.1, -0.05) is 6.07 Å². The summed E-state index contributed by atoms with van der Waals surface area (Å²) in [5, 5.41) is 10.3. The highest BCUT2D eigenvalue weighted by Gasteiger charge is 2.65. The molecule has 1 aromatic rings. The molecule has 4 heteroatoms. The van der Waals surface area contributed by atoms with Gasteiger partial charge in [-0.3, -0.25) is 9.69 Å². The van der Waals surface area contributed by atoms with Crippen molar-refractivity contribution in [2.24, 2.45) is 11.8 Å². The zero-order valence-corrected chi connectivity index (χ0v) is 13.8. The topological polar surface area (TPSA) is 49.8 Å². The maximum Gasteiger partial charge on any atom is 0.174 e. The van der Waals surface area contributed by atoms with Crippen molar-refractivity contribution in [2.45, 2.75) is 56.1 Å². The Labute approximate surface area is 141 Å². The number of Topliss-reactive ketones (excluding diaryl/α,β-unsaturated/α-hetero) is 1. The molecule has 5 aliphatic rings. The van der Waals surface area contributed by atoms with Crippen molar-refractivity contribution in [1.82, 2.24) is 4.90 Å². The Morgan fingerprint density at radius 1 is 1.29 bits per heavy atom. The molecule has 1 N–H and O–H groups in total. The lowest BCUT2D eigenvalue weighted by atomic mass is 9.51. The molecule has 0 aromatic heterocycles. The highest BCUT2D eigenvalue weighted by atomic mass is 16.5. The van der Waals surface area contributed by atoms with E-state index in [2.05, 4.69) is 11.0 Å². The lowest BCUT2D eigenvalue weighted by Gasteiger charge is -2.57. The van der Waals surface area contributed by atoms with Gasteiger partial charge < -0.3 is 9.84 Å². The molecule has 2 bridgehead atoms. The van der Waals surface area contributed by atoms with Gasteiger partial charge >= 0.3 is 0 Å². The lowest BCUT2D eigenvalue weighted by Crippen LogP contribution is -2.66. The van der Waals surface area contributed by atoms with Crippen LogP contribution < -0.4 is 4.74 Å². The Morgan fingerprint density at radius 3 is 3.00 bits per heavy atom. The molecule has 3 fully saturated rings. The number of phenolic OH excluding ortho intramolecular Hbond substituents is 1. The summed E-state index contributed by atoms with van der Waals surface area (Å²) in [6.07, 6.45) is 6.08. The molecular formula is C20H23NO3. The van der Waals surface area contributed by atoms with Crippen LogP contribution in [0.15, 0.2) is 12.1 Å². The fourth-order valence-electron chi connectivity index (χ4n) is 6.27. The first kappa shape index (κ1) is 13.7. The molecule has 4 nitrogen and oxygen atoms in total. The molecule has 3 aliphatic carbocycles. The number of ether oxygens (including phenoxy) is 1. The highest BCUT2D eigenvalue weighted by Crippen LogP contribution is 2.63. The standard InChI is InChI=1S/C20H23NO3/c22-15-5-3-12-9-14-13-4-6-16(23)19-20(13,17(12)18(15)24-19)7-8-21(14)10-11-1-2-11/h3,5,11,13-14,19,22H,1-2,4,6-10H2. The second-order valence-corrected chi connectivity index (χ2v) is 8.56. The number of carbonyl (C=O) groups is 1. The third-order valence-corrected chi connectivity index (χ3v) is 7.41. The van der Waals surface area contributed by atoms with E-state index in [1.807, 2.05) is 0 Å². The molecule has 4 atom stereocenters. The summed E-state index contributed by atoms with van der Waals surface area (Å²) in [5.41, 5.74) is 2.33. The van der Waals surface area contributed by atoms with Gasteiger partial charge in [0.2, 0.25) is 0 Å². The number of ketones is 1. The van der Waals surface area contributed by atoms with E-state index in [9.17, 15) is 9.90 Å². The van der Waals surface area contributed by atoms with Crippen molar-refractivity contribution >= 4 is 5.78 Å². The summed E-state index contributed by atoms with van der Waals surface area (Å²) in [7, 11) is 0. The molecule has 1 spiro atoms. The van der Waals surface area contributed by atoms with E-state index in [1.54, 1.807) is 6.07 Å². The number of aromatic hydroxyl groups is 1. The summed E-state index contributed by atoms with van der Waals surface area (Å²) in [4.78, 5) is 15.4. The van der Waals surface area contributed by atoms with Crippen molar-refractivity contribution in [3.05, 3.63) is 23.3 Å². The number of carbonyl (C=O) groups excluding carboxylic acids is 1. The van der Waals surface area contributed by atoms with Gasteiger partial charge in [-0.05, 0) is 62.1 Å².